The van der Waals surface area contributed by atoms with Gasteiger partial charge >= 0.3 is 17.3 Å². The highest BCUT2D eigenvalue weighted by Crippen LogP contribution is 2.25. The van der Waals surface area contributed by atoms with Crippen LogP contribution in [0.5, 0.6) is 5.75 Å². The zero-order valence-corrected chi connectivity index (χ0v) is 14.2. The van der Waals surface area contributed by atoms with Crippen LogP contribution in [0.2, 0.25) is 0 Å². The van der Waals surface area contributed by atoms with Crippen LogP contribution in [0.25, 0.3) is 0 Å². The number of imidazole rings is 1. The lowest BCUT2D eigenvalue weighted by Gasteiger charge is -2.22. The molecule has 3 rings (SSSR count). The monoisotopic (exact) mass is 407 g/mol. The van der Waals surface area contributed by atoms with Gasteiger partial charge in [-0.25, -0.2) is 8.42 Å². The number of aromatic nitrogens is 2. The van der Waals surface area contributed by atoms with Crippen LogP contribution in [0.15, 0.2) is 35.6 Å². The molecule has 0 radical (unpaired) electrons. The summed E-state index contributed by atoms with van der Waals surface area (Å²) in [6, 6.07) is 4.93. The first-order valence-electron chi connectivity index (χ1n) is 7.44. The molecule has 1 aromatic heterocycles. The Morgan fingerprint density at radius 3 is 2.56 bits per heavy atom. The third kappa shape index (κ3) is 4.54. The SMILES string of the molecule is O=[N+]([O-])c1cn2c(n1)S(=O)(=O)C[C@@H](OCc1ccc(OC(F)(F)F)cc1)C2. The van der Waals surface area contributed by atoms with E-state index in [-0.39, 0.29) is 24.1 Å². The van der Waals surface area contributed by atoms with Gasteiger partial charge in [0.2, 0.25) is 9.84 Å². The van der Waals surface area contributed by atoms with Gasteiger partial charge in [-0.3, -0.25) is 4.57 Å². The van der Waals surface area contributed by atoms with Crippen molar-refractivity contribution >= 4 is 15.7 Å². The van der Waals surface area contributed by atoms with Crippen LogP contribution in [0.3, 0.4) is 0 Å². The summed E-state index contributed by atoms with van der Waals surface area (Å²) in [7, 11) is -3.86. The zero-order chi connectivity index (χ0) is 19.8. The van der Waals surface area contributed by atoms with E-state index < -0.39 is 38.8 Å². The van der Waals surface area contributed by atoms with Crippen molar-refractivity contribution in [3.63, 3.8) is 0 Å². The Morgan fingerprint density at radius 2 is 1.96 bits per heavy atom. The summed E-state index contributed by atoms with van der Waals surface area (Å²) in [5, 5.41) is 10.4. The van der Waals surface area contributed by atoms with Crippen molar-refractivity contribution in [3.05, 3.63) is 46.1 Å². The predicted molar refractivity (Wildman–Crippen MR) is 82.6 cm³/mol. The highest BCUT2D eigenvalue weighted by molar-refractivity contribution is 7.91. The van der Waals surface area contributed by atoms with Crippen LogP contribution in [-0.4, -0.2) is 41.1 Å². The van der Waals surface area contributed by atoms with E-state index >= 15 is 0 Å². The molecule has 27 heavy (non-hydrogen) atoms. The molecule has 0 amide bonds. The van der Waals surface area contributed by atoms with Crippen molar-refractivity contribution < 1.29 is 36.0 Å². The minimum absolute atomic E-state index is 0.0463. The molecule has 0 unspecified atom stereocenters. The number of hydrogen-bond acceptors (Lipinski definition) is 7. The van der Waals surface area contributed by atoms with Gasteiger partial charge in [0.1, 0.15) is 11.9 Å². The molecule has 0 saturated carbocycles. The van der Waals surface area contributed by atoms with Gasteiger partial charge < -0.3 is 19.6 Å². The lowest BCUT2D eigenvalue weighted by molar-refractivity contribution is -0.389. The Hall–Kier alpha value is -2.67. The van der Waals surface area contributed by atoms with Crippen LogP contribution in [0.1, 0.15) is 5.56 Å². The maximum absolute atomic E-state index is 12.2. The molecule has 0 N–H and O–H groups in total. The molecule has 1 atom stereocenters. The van der Waals surface area contributed by atoms with E-state index in [0.717, 1.165) is 22.9 Å². The Labute approximate surface area is 150 Å². The number of alkyl halides is 3. The number of rotatable bonds is 5. The molecular formula is C14H12F3N3O6S. The standard InChI is InChI=1S/C14H12F3N3O6S/c15-14(16,17)26-10-3-1-9(2-4-10)7-25-11-5-19-6-12(20(21)22)18-13(19)27(23,24)8-11/h1-4,6,11H,5,7-8H2/t11-/m0/s1. The van der Waals surface area contributed by atoms with Crippen LogP contribution in [0.4, 0.5) is 19.0 Å². The van der Waals surface area contributed by atoms with Gasteiger partial charge in [0.25, 0.3) is 0 Å². The minimum Gasteiger partial charge on any atom is -0.406 e. The topological polar surface area (TPSA) is 114 Å². The van der Waals surface area contributed by atoms with E-state index in [0.29, 0.717) is 5.56 Å². The summed E-state index contributed by atoms with van der Waals surface area (Å²) < 4.78 is 71.2. The van der Waals surface area contributed by atoms with Gasteiger partial charge in [-0.2, -0.15) is 0 Å². The fraction of sp³-hybridized carbons (Fsp3) is 0.357. The number of benzene rings is 1. The van der Waals surface area contributed by atoms with Crippen molar-refractivity contribution in [2.45, 2.75) is 30.8 Å². The zero-order valence-electron chi connectivity index (χ0n) is 13.4. The van der Waals surface area contributed by atoms with Gasteiger partial charge in [-0.15, -0.1) is 13.2 Å². The number of ether oxygens (including phenoxy) is 2. The first kappa shape index (κ1) is 19.1. The number of sulfone groups is 1. The lowest BCUT2D eigenvalue weighted by atomic mass is 10.2. The molecule has 0 fully saturated rings. The average molecular weight is 407 g/mol. The second kappa shape index (κ2) is 6.81. The van der Waals surface area contributed by atoms with E-state index in [9.17, 15) is 31.7 Å². The molecule has 1 aromatic carbocycles. The summed E-state index contributed by atoms with van der Waals surface area (Å²) in [6.45, 7) is -0.0106. The molecule has 0 aliphatic carbocycles. The van der Waals surface area contributed by atoms with Crippen LogP contribution >= 0.6 is 0 Å². The Kier molecular flexibility index (Phi) is 4.82. The molecule has 2 aromatic rings. The number of hydrogen-bond donors (Lipinski definition) is 0. The van der Waals surface area contributed by atoms with Crippen LogP contribution < -0.4 is 4.74 Å². The number of halogens is 3. The molecule has 13 heteroatoms. The van der Waals surface area contributed by atoms with Crippen molar-refractivity contribution in [1.82, 2.24) is 9.55 Å². The molecule has 9 nitrogen and oxygen atoms in total. The van der Waals surface area contributed by atoms with E-state index in [4.69, 9.17) is 4.74 Å². The third-order valence-corrected chi connectivity index (χ3v) is 5.33. The van der Waals surface area contributed by atoms with Gasteiger partial charge in [-0.1, -0.05) is 12.1 Å². The Morgan fingerprint density at radius 1 is 1.30 bits per heavy atom. The average Bonchev–Trinajstić information content (AvgIpc) is 2.98. The van der Waals surface area contributed by atoms with E-state index in [1.54, 1.807) is 0 Å². The fourth-order valence-electron chi connectivity index (χ4n) is 2.55. The highest BCUT2D eigenvalue weighted by atomic mass is 32.2. The molecule has 1 aliphatic heterocycles. The molecule has 0 saturated heterocycles. The van der Waals surface area contributed by atoms with E-state index in [1.807, 2.05) is 0 Å². The summed E-state index contributed by atoms with van der Waals surface area (Å²) in [5.41, 5.74) is 0.504. The second-order valence-electron chi connectivity index (χ2n) is 5.70. The lowest BCUT2D eigenvalue weighted by Crippen LogP contribution is -2.35. The van der Waals surface area contributed by atoms with E-state index in [2.05, 4.69) is 9.72 Å². The second-order valence-corrected chi connectivity index (χ2v) is 7.63. The van der Waals surface area contributed by atoms with Gasteiger partial charge in [0.05, 0.1) is 25.0 Å². The molecular weight excluding hydrogens is 395 g/mol. The smallest absolute Gasteiger partial charge is 0.406 e. The fourth-order valence-corrected chi connectivity index (χ4v) is 4.10. The minimum atomic E-state index is -4.79. The number of nitrogens with zero attached hydrogens (tertiary/aromatic N) is 3. The Balaban J connectivity index is 1.66. The van der Waals surface area contributed by atoms with E-state index in [1.165, 1.54) is 12.1 Å². The summed E-state index contributed by atoms with van der Waals surface area (Å²) in [6.07, 6.45) is -4.56. The molecule has 146 valence electrons. The number of fused-ring (bicyclic) bond motifs is 1. The normalized spacial score (nSPS) is 18.7. The quantitative estimate of drug-likeness (QED) is 0.551. The Bertz CT molecular complexity index is 955. The summed E-state index contributed by atoms with van der Waals surface area (Å²) >= 11 is 0. The predicted octanol–water partition coefficient (Wildman–Crippen LogP) is 2.06. The largest absolute Gasteiger partial charge is 0.573 e. The maximum Gasteiger partial charge on any atom is 0.573 e. The molecule has 0 spiro atoms. The van der Waals surface area contributed by atoms with Crippen molar-refractivity contribution in [2.24, 2.45) is 0 Å². The summed E-state index contributed by atoms with van der Waals surface area (Å²) in [4.78, 5) is 13.5. The van der Waals surface area contributed by atoms with Gasteiger partial charge in [0, 0.05) is 0 Å². The first-order chi connectivity index (χ1) is 12.5. The third-order valence-electron chi connectivity index (χ3n) is 3.64. The summed E-state index contributed by atoms with van der Waals surface area (Å²) in [5.74, 6) is -1.37. The molecule has 1 aliphatic rings. The molecule has 2 heterocycles. The van der Waals surface area contributed by atoms with Crippen molar-refractivity contribution in [2.75, 3.05) is 5.75 Å². The van der Waals surface area contributed by atoms with Crippen LogP contribution in [0, 0.1) is 10.1 Å². The highest BCUT2D eigenvalue weighted by Gasteiger charge is 2.38. The van der Waals surface area contributed by atoms with Crippen LogP contribution in [-0.2, 0) is 27.7 Å². The number of nitro groups is 1. The maximum atomic E-state index is 12.2. The first-order valence-corrected chi connectivity index (χ1v) is 9.09. The van der Waals surface area contributed by atoms with Gasteiger partial charge in [0.15, 0.2) is 0 Å². The van der Waals surface area contributed by atoms with Crippen molar-refractivity contribution in [1.29, 1.82) is 0 Å². The molecule has 0 bridgehead atoms. The van der Waals surface area contributed by atoms with Crippen molar-refractivity contribution in [3.8, 4) is 5.75 Å². The van der Waals surface area contributed by atoms with Gasteiger partial charge in [-0.05, 0) is 27.6 Å².